The van der Waals surface area contributed by atoms with Crippen LogP contribution in [0, 0.1) is 0 Å². The average molecular weight is 409 g/mol. The maximum absolute atomic E-state index is 13.2. The summed E-state index contributed by atoms with van der Waals surface area (Å²) in [5.74, 6) is -0.290. The number of thiazole rings is 1. The molecule has 1 aromatic heterocycles. The van der Waals surface area contributed by atoms with Gasteiger partial charge in [0.2, 0.25) is 0 Å². The number of hydrogen-bond acceptors (Lipinski definition) is 3. The lowest BCUT2D eigenvalue weighted by Gasteiger charge is -2.08. The zero-order chi connectivity index (χ0) is 20.4. The molecule has 0 fully saturated rings. The van der Waals surface area contributed by atoms with Gasteiger partial charge in [-0.2, -0.15) is 13.2 Å². The zero-order valence-corrected chi connectivity index (χ0v) is 15.8. The molecule has 0 N–H and O–H groups in total. The maximum atomic E-state index is 13.2. The second kappa shape index (κ2) is 7.64. The molecule has 0 saturated heterocycles. The van der Waals surface area contributed by atoms with E-state index in [0.29, 0.717) is 16.1 Å². The van der Waals surface area contributed by atoms with E-state index in [1.807, 2.05) is 24.3 Å². The molecule has 0 aliphatic carbocycles. The summed E-state index contributed by atoms with van der Waals surface area (Å²) in [6.45, 7) is 0. The molecule has 29 heavy (non-hydrogen) atoms. The number of fused-ring (bicyclic) bond motifs is 1. The topological polar surface area (TPSA) is 30.0 Å². The van der Waals surface area contributed by atoms with Gasteiger partial charge in [0, 0.05) is 5.56 Å². The fraction of sp³-hybridized carbons (Fsp3) is 0.0435. The molecule has 2 nitrogen and oxygen atoms in total. The Bertz CT molecular complexity index is 1180. The Labute approximate surface area is 169 Å². The molecule has 6 heteroatoms. The van der Waals surface area contributed by atoms with E-state index in [0.717, 1.165) is 22.3 Å². The molecule has 0 bridgehead atoms. The Hall–Kier alpha value is -3.25. The molecule has 0 unspecified atom stereocenters. The first-order valence-electron chi connectivity index (χ1n) is 8.76. The van der Waals surface area contributed by atoms with Gasteiger partial charge in [-0.05, 0) is 35.9 Å². The number of rotatable bonds is 4. The van der Waals surface area contributed by atoms with E-state index in [2.05, 4.69) is 4.98 Å². The van der Waals surface area contributed by atoms with Gasteiger partial charge in [0.1, 0.15) is 5.01 Å². The van der Waals surface area contributed by atoms with Gasteiger partial charge in [-0.15, -0.1) is 11.3 Å². The highest BCUT2D eigenvalue weighted by Gasteiger charge is 2.30. The van der Waals surface area contributed by atoms with Gasteiger partial charge < -0.3 is 0 Å². The third-order valence-corrected chi connectivity index (χ3v) is 5.40. The first-order valence-corrected chi connectivity index (χ1v) is 9.58. The van der Waals surface area contributed by atoms with Crippen molar-refractivity contribution in [3.63, 3.8) is 0 Å². The minimum atomic E-state index is -4.46. The van der Waals surface area contributed by atoms with Crippen LogP contribution >= 0.6 is 11.3 Å². The van der Waals surface area contributed by atoms with Crippen LogP contribution in [0.5, 0.6) is 0 Å². The maximum Gasteiger partial charge on any atom is 0.416 e. The van der Waals surface area contributed by atoms with E-state index >= 15 is 0 Å². The van der Waals surface area contributed by atoms with Crippen molar-refractivity contribution in [1.29, 1.82) is 0 Å². The number of hydrogen-bond donors (Lipinski definition) is 0. The monoisotopic (exact) mass is 409 g/mol. The molecule has 3 aromatic carbocycles. The number of carbonyl (C=O) groups is 1. The lowest BCUT2D eigenvalue weighted by molar-refractivity contribution is -0.137. The average Bonchev–Trinajstić information content (AvgIpc) is 3.16. The summed E-state index contributed by atoms with van der Waals surface area (Å²) in [6.07, 6.45) is -2.98. The minimum absolute atomic E-state index is 0.261. The van der Waals surface area contributed by atoms with Crippen LogP contribution in [0.15, 0.2) is 78.9 Å². The Morgan fingerprint density at radius 1 is 0.897 bits per heavy atom. The van der Waals surface area contributed by atoms with Gasteiger partial charge in [-0.3, -0.25) is 4.79 Å². The molecule has 144 valence electrons. The van der Waals surface area contributed by atoms with Crippen LogP contribution in [0.2, 0.25) is 0 Å². The largest absolute Gasteiger partial charge is 0.416 e. The number of halogens is 3. The number of alkyl halides is 3. The van der Waals surface area contributed by atoms with Crippen LogP contribution in [-0.2, 0) is 6.18 Å². The van der Waals surface area contributed by atoms with E-state index in [-0.39, 0.29) is 11.4 Å². The van der Waals surface area contributed by atoms with Crippen molar-refractivity contribution in [2.75, 3.05) is 0 Å². The van der Waals surface area contributed by atoms with E-state index in [9.17, 15) is 18.0 Å². The lowest BCUT2D eigenvalue weighted by atomic mass is 10.0. The number of carbonyl (C=O) groups excluding carboxylic acids is 1. The molecule has 0 saturated carbocycles. The van der Waals surface area contributed by atoms with Gasteiger partial charge in [0.25, 0.3) is 0 Å². The predicted octanol–water partition coefficient (Wildman–Crippen LogP) is 6.74. The van der Waals surface area contributed by atoms with Crippen LogP contribution in [0.1, 0.15) is 26.5 Å². The van der Waals surface area contributed by atoms with E-state index in [1.54, 1.807) is 36.4 Å². The molecule has 0 amide bonds. The number of ketones is 1. The number of allylic oxidation sites excluding steroid dienone is 1. The van der Waals surface area contributed by atoms with Crippen LogP contribution in [-0.4, -0.2) is 10.8 Å². The quantitative estimate of drug-likeness (QED) is 0.276. The number of para-hydroxylation sites is 1. The van der Waals surface area contributed by atoms with Crippen LogP contribution in [0.25, 0.3) is 21.9 Å². The molecule has 1 heterocycles. The van der Waals surface area contributed by atoms with Crippen molar-refractivity contribution >= 4 is 39.0 Å². The van der Waals surface area contributed by atoms with Crippen molar-refractivity contribution in [3.8, 4) is 0 Å². The standard InChI is InChI=1S/C23H14F3NOS/c24-23(25,26)17-10-6-7-15(13-17)14-18(21(28)16-8-2-1-3-9-16)22-27-19-11-4-5-12-20(19)29-22/h1-14H. The third-order valence-electron chi connectivity index (χ3n) is 4.33. The van der Waals surface area contributed by atoms with E-state index in [4.69, 9.17) is 0 Å². The summed E-state index contributed by atoms with van der Waals surface area (Å²) in [4.78, 5) is 17.7. The van der Waals surface area contributed by atoms with Crippen molar-refractivity contribution in [2.45, 2.75) is 6.18 Å². The molecule has 0 atom stereocenters. The van der Waals surface area contributed by atoms with Gasteiger partial charge in [-0.25, -0.2) is 4.98 Å². The molecule has 0 radical (unpaired) electrons. The third kappa shape index (κ3) is 4.12. The highest BCUT2D eigenvalue weighted by atomic mass is 32.1. The Morgan fingerprint density at radius 3 is 2.34 bits per heavy atom. The second-order valence-corrected chi connectivity index (χ2v) is 7.39. The molecule has 0 spiro atoms. The first-order chi connectivity index (χ1) is 13.9. The number of Topliss-reactive ketones (excluding diaryl/α,β-unsaturated/α-hetero) is 1. The summed E-state index contributed by atoms with van der Waals surface area (Å²) in [7, 11) is 0. The van der Waals surface area contributed by atoms with Gasteiger partial charge >= 0.3 is 6.18 Å². The van der Waals surface area contributed by atoms with Crippen LogP contribution in [0.4, 0.5) is 13.2 Å². The number of aromatic nitrogens is 1. The van der Waals surface area contributed by atoms with Gasteiger partial charge in [0.15, 0.2) is 5.78 Å². The van der Waals surface area contributed by atoms with Crippen molar-refractivity contribution in [1.82, 2.24) is 4.98 Å². The van der Waals surface area contributed by atoms with E-state index < -0.39 is 11.7 Å². The fourth-order valence-electron chi connectivity index (χ4n) is 2.93. The van der Waals surface area contributed by atoms with Crippen molar-refractivity contribution < 1.29 is 18.0 Å². The fourth-order valence-corrected chi connectivity index (χ4v) is 3.91. The van der Waals surface area contributed by atoms with Gasteiger partial charge in [-0.1, -0.05) is 54.6 Å². The summed E-state index contributed by atoms with van der Waals surface area (Å²) in [5.41, 5.74) is 0.977. The Kier molecular flexibility index (Phi) is 5.03. The molecule has 4 aromatic rings. The zero-order valence-electron chi connectivity index (χ0n) is 15.0. The molecule has 0 aliphatic heterocycles. The molecular weight excluding hydrogens is 395 g/mol. The first kappa shape index (κ1) is 19.1. The second-order valence-electron chi connectivity index (χ2n) is 6.36. The lowest BCUT2D eigenvalue weighted by Crippen LogP contribution is -2.05. The summed E-state index contributed by atoms with van der Waals surface area (Å²) in [6, 6.07) is 21.0. The molecular formula is C23H14F3NOS. The predicted molar refractivity (Wildman–Crippen MR) is 110 cm³/mol. The highest BCUT2D eigenvalue weighted by molar-refractivity contribution is 7.20. The summed E-state index contributed by atoms with van der Waals surface area (Å²) >= 11 is 1.33. The minimum Gasteiger partial charge on any atom is -0.288 e. The smallest absolute Gasteiger partial charge is 0.288 e. The number of nitrogens with zero attached hydrogens (tertiary/aromatic N) is 1. The SMILES string of the molecule is O=C(C(=Cc1cccc(C(F)(F)F)c1)c1nc2ccccc2s1)c1ccccc1. The Balaban J connectivity index is 1.86. The number of benzene rings is 3. The summed E-state index contributed by atoms with van der Waals surface area (Å²) in [5, 5.41) is 0.470. The summed E-state index contributed by atoms with van der Waals surface area (Å²) < 4.78 is 40.2. The van der Waals surface area contributed by atoms with E-state index in [1.165, 1.54) is 23.5 Å². The van der Waals surface area contributed by atoms with Crippen LogP contribution in [0.3, 0.4) is 0 Å². The highest BCUT2D eigenvalue weighted by Crippen LogP contribution is 2.33. The van der Waals surface area contributed by atoms with Crippen molar-refractivity contribution in [3.05, 3.63) is 101 Å². The molecule has 0 aliphatic rings. The molecule has 4 rings (SSSR count). The van der Waals surface area contributed by atoms with Crippen LogP contribution < -0.4 is 0 Å². The van der Waals surface area contributed by atoms with Crippen molar-refractivity contribution in [2.24, 2.45) is 0 Å². The Morgan fingerprint density at radius 2 is 1.62 bits per heavy atom. The van der Waals surface area contributed by atoms with Gasteiger partial charge in [0.05, 0.1) is 21.4 Å². The normalized spacial score (nSPS) is 12.3.